The maximum Gasteiger partial charge on any atom is 0.270 e. The third-order valence-corrected chi connectivity index (χ3v) is 5.72. The van der Waals surface area contributed by atoms with E-state index in [0.717, 1.165) is 6.07 Å². The molecule has 1 unspecified atom stereocenters. The number of carbonyl (C=O) groups is 1. The second-order valence-electron chi connectivity index (χ2n) is 4.87. The summed E-state index contributed by atoms with van der Waals surface area (Å²) in [6.45, 7) is -0.0106. The van der Waals surface area contributed by atoms with Gasteiger partial charge >= 0.3 is 0 Å². The van der Waals surface area contributed by atoms with E-state index in [9.17, 15) is 23.3 Å². The predicted molar refractivity (Wildman–Crippen MR) is 76.7 cm³/mol. The van der Waals surface area contributed by atoms with Crippen LogP contribution >= 0.6 is 0 Å². The summed E-state index contributed by atoms with van der Waals surface area (Å²) in [4.78, 5) is 22.1. The first kappa shape index (κ1) is 15.2. The topological polar surface area (TPSA) is 132 Å². The number of anilines is 1. The number of non-ortho nitro benzene ring substituents is 1. The minimum Gasteiger partial charge on any atom is -0.398 e. The van der Waals surface area contributed by atoms with Gasteiger partial charge in [-0.05, 0) is 18.9 Å². The van der Waals surface area contributed by atoms with Crippen molar-refractivity contribution in [1.82, 2.24) is 5.32 Å². The fourth-order valence-electron chi connectivity index (χ4n) is 2.24. The van der Waals surface area contributed by atoms with Crippen molar-refractivity contribution in [2.75, 3.05) is 18.0 Å². The van der Waals surface area contributed by atoms with Gasteiger partial charge in [0.1, 0.15) is 0 Å². The lowest BCUT2D eigenvalue weighted by atomic mass is 10.1. The van der Waals surface area contributed by atoms with Crippen LogP contribution in [0.2, 0.25) is 0 Å². The molecule has 1 aliphatic rings. The molecule has 114 valence electrons. The Hall–Kier alpha value is -2.16. The van der Waals surface area contributed by atoms with Crippen molar-refractivity contribution in [2.24, 2.45) is 0 Å². The molecule has 2 rings (SSSR count). The highest BCUT2D eigenvalue weighted by Gasteiger charge is 2.31. The lowest BCUT2D eigenvalue weighted by molar-refractivity contribution is -0.384. The van der Waals surface area contributed by atoms with Gasteiger partial charge in [0.05, 0.1) is 21.5 Å². The molecule has 1 heterocycles. The molecule has 1 atom stereocenters. The molecule has 1 fully saturated rings. The van der Waals surface area contributed by atoms with Crippen LogP contribution in [0.25, 0.3) is 0 Å². The maximum atomic E-state index is 12.0. The van der Waals surface area contributed by atoms with E-state index in [1.807, 2.05) is 0 Å². The number of nitrogens with one attached hydrogen (secondary N) is 1. The molecular formula is C12H15N3O5S. The largest absolute Gasteiger partial charge is 0.398 e. The number of nitro benzene ring substituents is 1. The Kier molecular flexibility index (Phi) is 4.12. The number of nitrogens with zero attached hydrogens (tertiary/aromatic N) is 1. The second kappa shape index (κ2) is 5.68. The summed E-state index contributed by atoms with van der Waals surface area (Å²) in [5.41, 5.74) is 5.45. The van der Waals surface area contributed by atoms with Gasteiger partial charge in [0.2, 0.25) is 0 Å². The number of amides is 1. The number of benzene rings is 1. The number of hydrogen-bond acceptors (Lipinski definition) is 6. The van der Waals surface area contributed by atoms with Crippen LogP contribution in [0.1, 0.15) is 23.2 Å². The molecule has 0 radical (unpaired) electrons. The molecule has 1 saturated heterocycles. The Labute approximate surface area is 121 Å². The lowest BCUT2D eigenvalue weighted by Gasteiger charge is -2.11. The molecule has 9 heteroatoms. The molecule has 0 bridgehead atoms. The summed E-state index contributed by atoms with van der Waals surface area (Å²) in [6.07, 6.45) is 1.09. The van der Waals surface area contributed by atoms with Crippen LogP contribution in [0, 0.1) is 10.1 Å². The molecule has 8 nitrogen and oxygen atoms in total. The highest BCUT2D eigenvalue weighted by molar-refractivity contribution is 7.92. The standard InChI is InChI=1S/C12H15N3O5S/c13-11-4-3-8(15(17)18)6-10(11)12(16)14-7-9-2-1-5-21(9,19)20/h3-4,6,9H,1-2,5,7,13H2,(H,14,16). The fourth-order valence-corrected chi connectivity index (χ4v) is 4.01. The van der Waals surface area contributed by atoms with Crippen molar-refractivity contribution in [2.45, 2.75) is 18.1 Å². The van der Waals surface area contributed by atoms with Crippen molar-refractivity contribution in [1.29, 1.82) is 0 Å². The molecule has 1 amide bonds. The highest BCUT2D eigenvalue weighted by Crippen LogP contribution is 2.21. The SMILES string of the molecule is Nc1ccc([N+](=O)[O-])cc1C(=O)NCC1CCCS1(=O)=O. The summed E-state index contributed by atoms with van der Waals surface area (Å²) in [7, 11) is -3.15. The predicted octanol–water partition coefficient (Wildman–Crippen LogP) is 0.484. The summed E-state index contributed by atoms with van der Waals surface area (Å²) in [6, 6.07) is 3.56. The second-order valence-corrected chi connectivity index (χ2v) is 7.27. The average molecular weight is 313 g/mol. The third kappa shape index (κ3) is 3.30. The number of hydrogen-bond donors (Lipinski definition) is 2. The van der Waals surface area contributed by atoms with Crippen molar-refractivity contribution in [3.8, 4) is 0 Å². The third-order valence-electron chi connectivity index (χ3n) is 3.45. The van der Waals surface area contributed by atoms with E-state index in [2.05, 4.69) is 5.32 Å². The van der Waals surface area contributed by atoms with Crippen LogP contribution in [0.5, 0.6) is 0 Å². The van der Waals surface area contributed by atoms with Gasteiger partial charge in [0.15, 0.2) is 9.84 Å². The van der Waals surface area contributed by atoms with Crippen molar-refractivity contribution < 1.29 is 18.1 Å². The Morgan fingerprint density at radius 2 is 2.19 bits per heavy atom. The van der Waals surface area contributed by atoms with Crippen LogP contribution < -0.4 is 11.1 Å². The number of nitrogens with two attached hydrogens (primary N) is 1. The Bertz CT molecular complexity index is 686. The zero-order chi connectivity index (χ0) is 15.6. The zero-order valence-corrected chi connectivity index (χ0v) is 11.9. The first-order chi connectivity index (χ1) is 9.81. The average Bonchev–Trinajstić information content (AvgIpc) is 2.75. The van der Waals surface area contributed by atoms with E-state index in [-0.39, 0.29) is 29.2 Å². The van der Waals surface area contributed by atoms with Crippen molar-refractivity contribution in [3.63, 3.8) is 0 Å². The van der Waals surface area contributed by atoms with E-state index < -0.39 is 25.9 Å². The fraction of sp³-hybridized carbons (Fsp3) is 0.417. The first-order valence-electron chi connectivity index (χ1n) is 6.35. The van der Waals surface area contributed by atoms with Crippen molar-refractivity contribution >= 4 is 27.1 Å². The van der Waals surface area contributed by atoms with Gasteiger partial charge in [0.25, 0.3) is 11.6 Å². The zero-order valence-electron chi connectivity index (χ0n) is 11.1. The lowest BCUT2D eigenvalue weighted by Crippen LogP contribution is -2.34. The molecule has 0 aromatic heterocycles. The smallest absolute Gasteiger partial charge is 0.270 e. The van der Waals surface area contributed by atoms with Crippen LogP contribution in [-0.2, 0) is 9.84 Å². The van der Waals surface area contributed by atoms with Gasteiger partial charge in [-0.1, -0.05) is 0 Å². The van der Waals surface area contributed by atoms with Gasteiger partial charge < -0.3 is 11.1 Å². The van der Waals surface area contributed by atoms with Gasteiger partial charge in [-0.3, -0.25) is 14.9 Å². The molecule has 21 heavy (non-hydrogen) atoms. The number of sulfone groups is 1. The number of rotatable bonds is 4. The highest BCUT2D eigenvalue weighted by atomic mass is 32.2. The van der Waals surface area contributed by atoms with Crippen LogP contribution in [0.15, 0.2) is 18.2 Å². The molecule has 1 aliphatic heterocycles. The van der Waals surface area contributed by atoms with Crippen molar-refractivity contribution in [3.05, 3.63) is 33.9 Å². The van der Waals surface area contributed by atoms with E-state index in [1.165, 1.54) is 12.1 Å². The monoisotopic (exact) mass is 313 g/mol. The quantitative estimate of drug-likeness (QED) is 0.472. The number of carbonyl (C=O) groups excluding carboxylic acids is 1. The normalized spacial score (nSPS) is 20.1. The molecule has 0 aliphatic carbocycles. The molecule has 0 saturated carbocycles. The molecule has 3 N–H and O–H groups in total. The minimum atomic E-state index is -3.15. The van der Waals surface area contributed by atoms with E-state index in [0.29, 0.717) is 12.8 Å². The molecule has 1 aromatic carbocycles. The first-order valence-corrected chi connectivity index (χ1v) is 8.06. The van der Waals surface area contributed by atoms with Gasteiger partial charge in [-0.25, -0.2) is 8.42 Å². The Morgan fingerprint density at radius 3 is 2.76 bits per heavy atom. The molecular weight excluding hydrogens is 298 g/mol. The summed E-state index contributed by atoms with van der Waals surface area (Å²) < 4.78 is 23.3. The Balaban J connectivity index is 2.10. The maximum absolute atomic E-state index is 12.0. The number of nitro groups is 1. The van der Waals surface area contributed by atoms with Gasteiger partial charge in [-0.15, -0.1) is 0 Å². The molecule has 0 spiro atoms. The summed E-state index contributed by atoms with van der Waals surface area (Å²) in [5.74, 6) is -0.481. The number of nitrogen functional groups attached to an aromatic ring is 1. The van der Waals surface area contributed by atoms with E-state index >= 15 is 0 Å². The van der Waals surface area contributed by atoms with E-state index in [1.54, 1.807) is 0 Å². The summed E-state index contributed by atoms with van der Waals surface area (Å²) >= 11 is 0. The van der Waals surface area contributed by atoms with Gasteiger partial charge in [-0.2, -0.15) is 0 Å². The van der Waals surface area contributed by atoms with E-state index in [4.69, 9.17) is 5.73 Å². The minimum absolute atomic E-state index is 0.0106. The van der Waals surface area contributed by atoms with Crippen LogP contribution in [0.3, 0.4) is 0 Å². The molecule has 1 aromatic rings. The van der Waals surface area contributed by atoms with Gasteiger partial charge in [0, 0.05) is 24.4 Å². The Morgan fingerprint density at radius 1 is 1.48 bits per heavy atom. The van der Waals surface area contributed by atoms with Crippen LogP contribution in [0.4, 0.5) is 11.4 Å². The summed E-state index contributed by atoms with van der Waals surface area (Å²) in [5, 5.41) is 12.6. The van der Waals surface area contributed by atoms with Crippen LogP contribution in [-0.4, -0.2) is 36.8 Å².